The lowest BCUT2D eigenvalue weighted by Gasteiger charge is -2.26. The van der Waals surface area contributed by atoms with Crippen molar-refractivity contribution in [1.29, 1.82) is 0 Å². The van der Waals surface area contributed by atoms with Crippen LogP contribution in [-0.4, -0.2) is 40.4 Å². The van der Waals surface area contributed by atoms with Crippen molar-refractivity contribution in [2.24, 2.45) is 17.8 Å². The minimum atomic E-state index is -1.15. The zero-order valence-electron chi connectivity index (χ0n) is 22.1. The molecule has 1 aliphatic rings. The van der Waals surface area contributed by atoms with Crippen molar-refractivity contribution < 1.29 is 24.0 Å². The van der Waals surface area contributed by atoms with Crippen LogP contribution < -0.4 is 16.0 Å². The minimum absolute atomic E-state index is 0.112. The molecule has 0 aliphatic carbocycles. The van der Waals surface area contributed by atoms with E-state index in [9.17, 15) is 24.0 Å². The maximum absolute atomic E-state index is 13.2. The Hall–Kier alpha value is -4.40. The van der Waals surface area contributed by atoms with Gasteiger partial charge in [-0.1, -0.05) is 63.2 Å². The Labute approximate surface area is 226 Å². The Morgan fingerprint density at radius 1 is 0.923 bits per heavy atom. The van der Waals surface area contributed by atoms with Crippen LogP contribution in [0.5, 0.6) is 0 Å². The molecule has 1 fully saturated rings. The Bertz CT molecular complexity index is 1400. The summed E-state index contributed by atoms with van der Waals surface area (Å²) in [5.41, 5.74) is 2.39. The van der Waals surface area contributed by atoms with Crippen molar-refractivity contribution >= 4 is 40.3 Å². The van der Waals surface area contributed by atoms with Gasteiger partial charge in [0.2, 0.25) is 23.6 Å². The predicted molar refractivity (Wildman–Crippen MR) is 145 cm³/mol. The fourth-order valence-corrected chi connectivity index (χ4v) is 4.85. The molecule has 9 heteroatoms. The van der Waals surface area contributed by atoms with Gasteiger partial charge in [0.1, 0.15) is 5.92 Å². The van der Waals surface area contributed by atoms with Gasteiger partial charge in [0.05, 0.1) is 36.4 Å². The topological polar surface area (TPSA) is 134 Å². The molecule has 4 atom stereocenters. The summed E-state index contributed by atoms with van der Waals surface area (Å²) in [5, 5.41) is 8.83. The molecule has 3 N–H and O–H groups in total. The largest absolute Gasteiger partial charge is 0.348 e. The summed E-state index contributed by atoms with van der Waals surface area (Å²) in [6.07, 6.45) is 1.72. The number of rotatable bonds is 10. The number of Topliss-reactive ketones (excluding diaryl/α,β-unsaturated/α-hetero) is 1. The number of amides is 4. The molecule has 39 heavy (non-hydrogen) atoms. The summed E-state index contributed by atoms with van der Waals surface area (Å²) >= 11 is 0. The molecule has 0 unspecified atom stereocenters. The highest BCUT2D eigenvalue weighted by Gasteiger charge is 2.46. The first-order chi connectivity index (χ1) is 18.6. The Morgan fingerprint density at radius 2 is 1.67 bits per heavy atom. The van der Waals surface area contributed by atoms with Crippen LogP contribution in [0, 0.1) is 17.8 Å². The number of fused-ring (bicyclic) bond motifs is 1. The molecule has 4 amide bonds. The fourth-order valence-electron chi connectivity index (χ4n) is 4.85. The maximum atomic E-state index is 13.2. The van der Waals surface area contributed by atoms with Gasteiger partial charge in [0.15, 0.2) is 5.78 Å². The maximum Gasteiger partial charge on any atom is 0.238 e. The van der Waals surface area contributed by atoms with Crippen LogP contribution in [0.25, 0.3) is 10.9 Å². The third-order valence-electron chi connectivity index (χ3n) is 7.00. The smallest absolute Gasteiger partial charge is 0.238 e. The molecule has 4 rings (SSSR count). The highest BCUT2D eigenvalue weighted by atomic mass is 16.2. The van der Waals surface area contributed by atoms with E-state index in [0.717, 1.165) is 22.0 Å². The molecular formula is C30H32N4O5. The Kier molecular flexibility index (Phi) is 8.49. The predicted octanol–water partition coefficient (Wildman–Crippen LogP) is 2.64. The molecule has 1 aliphatic heterocycles. The van der Waals surface area contributed by atoms with Gasteiger partial charge in [-0.15, -0.1) is 0 Å². The van der Waals surface area contributed by atoms with E-state index in [4.69, 9.17) is 0 Å². The quantitative estimate of drug-likeness (QED) is 0.274. The summed E-state index contributed by atoms with van der Waals surface area (Å²) in [6, 6.07) is 16.9. The normalized spacial score (nSPS) is 18.5. The first-order valence-electron chi connectivity index (χ1n) is 13.0. The molecule has 0 saturated carbocycles. The second-order valence-electron chi connectivity index (χ2n) is 10.3. The van der Waals surface area contributed by atoms with Gasteiger partial charge in [-0.05, 0) is 35.2 Å². The molecule has 0 bridgehead atoms. The minimum Gasteiger partial charge on any atom is -0.348 e. The molecule has 3 aromatic rings. The SMILES string of the molecule is CC(C)[C@H](NC(=O)C[C@H](NC(=O)Cc1ccc2ncccc2c1)c1ccccc1)C(=O)[C@@H]1C(=O)NC(=O)[C@H]1C. The molecule has 1 saturated heterocycles. The van der Waals surface area contributed by atoms with Crippen LogP contribution >= 0.6 is 0 Å². The third-order valence-corrected chi connectivity index (χ3v) is 7.00. The monoisotopic (exact) mass is 528 g/mol. The highest BCUT2D eigenvalue weighted by Crippen LogP contribution is 2.24. The van der Waals surface area contributed by atoms with Gasteiger partial charge in [-0.3, -0.25) is 34.3 Å². The number of imide groups is 1. The molecule has 0 spiro atoms. The van der Waals surface area contributed by atoms with Crippen molar-refractivity contribution in [2.75, 3.05) is 0 Å². The van der Waals surface area contributed by atoms with Crippen molar-refractivity contribution in [3.05, 3.63) is 78.0 Å². The van der Waals surface area contributed by atoms with Crippen molar-refractivity contribution in [3.63, 3.8) is 0 Å². The van der Waals surface area contributed by atoms with Crippen LogP contribution in [0.4, 0.5) is 0 Å². The van der Waals surface area contributed by atoms with Gasteiger partial charge in [-0.25, -0.2) is 0 Å². The van der Waals surface area contributed by atoms with Crippen LogP contribution in [0.3, 0.4) is 0 Å². The van der Waals surface area contributed by atoms with Gasteiger partial charge in [0.25, 0.3) is 0 Å². The number of hydrogen-bond acceptors (Lipinski definition) is 6. The standard InChI is InChI=1S/C30H32N4O5/c1-17(2)27(28(37)26-18(3)29(38)34-30(26)39)33-25(36)16-23(20-8-5-4-6-9-20)32-24(35)15-19-11-12-22-21(14-19)10-7-13-31-22/h4-14,17-18,23,26-27H,15-16H2,1-3H3,(H,32,35)(H,33,36)(H,34,38,39)/t18-,23-,26+,27-/m0/s1. The first-order valence-corrected chi connectivity index (χ1v) is 13.0. The van der Waals surface area contributed by atoms with Gasteiger partial charge in [0, 0.05) is 11.6 Å². The summed E-state index contributed by atoms with van der Waals surface area (Å²) < 4.78 is 0. The first kappa shape index (κ1) is 27.6. The van der Waals surface area contributed by atoms with E-state index in [1.807, 2.05) is 60.7 Å². The van der Waals surface area contributed by atoms with E-state index >= 15 is 0 Å². The van der Waals surface area contributed by atoms with Crippen molar-refractivity contribution in [2.45, 2.75) is 45.7 Å². The van der Waals surface area contributed by atoms with Crippen LogP contribution in [0.2, 0.25) is 0 Å². The second-order valence-corrected chi connectivity index (χ2v) is 10.3. The van der Waals surface area contributed by atoms with E-state index in [2.05, 4.69) is 20.9 Å². The number of pyridine rings is 1. The summed E-state index contributed by atoms with van der Waals surface area (Å²) in [6.45, 7) is 5.05. The number of carbonyl (C=O) groups is 5. The van der Waals surface area contributed by atoms with E-state index in [1.54, 1.807) is 20.0 Å². The van der Waals surface area contributed by atoms with Gasteiger partial charge in [-0.2, -0.15) is 0 Å². The molecule has 2 aromatic carbocycles. The average Bonchev–Trinajstić information content (AvgIpc) is 3.17. The van der Waals surface area contributed by atoms with Gasteiger partial charge < -0.3 is 10.6 Å². The third kappa shape index (κ3) is 6.54. The molecule has 202 valence electrons. The van der Waals surface area contributed by atoms with E-state index in [-0.39, 0.29) is 24.7 Å². The lowest BCUT2D eigenvalue weighted by molar-refractivity contribution is -0.137. The van der Waals surface area contributed by atoms with Crippen LogP contribution in [0.15, 0.2) is 66.9 Å². The molecule has 2 heterocycles. The number of nitrogens with zero attached hydrogens (tertiary/aromatic N) is 1. The van der Waals surface area contributed by atoms with Crippen molar-refractivity contribution in [3.8, 4) is 0 Å². The molecule has 0 radical (unpaired) electrons. The number of benzene rings is 2. The highest BCUT2D eigenvalue weighted by molar-refractivity contribution is 6.16. The average molecular weight is 529 g/mol. The fraction of sp³-hybridized carbons (Fsp3) is 0.333. The number of nitrogens with one attached hydrogen (secondary N) is 3. The van der Waals surface area contributed by atoms with Crippen LogP contribution in [-0.2, 0) is 30.4 Å². The number of carbonyl (C=O) groups excluding carboxylic acids is 5. The van der Waals surface area contributed by atoms with E-state index < -0.39 is 47.4 Å². The van der Waals surface area contributed by atoms with Crippen LogP contribution in [0.1, 0.15) is 44.4 Å². The Balaban J connectivity index is 1.46. The number of hydrogen-bond donors (Lipinski definition) is 3. The number of ketones is 1. The lowest BCUT2D eigenvalue weighted by atomic mass is 9.85. The lowest BCUT2D eigenvalue weighted by Crippen LogP contribution is -2.49. The zero-order chi connectivity index (χ0) is 28.1. The molecule has 9 nitrogen and oxygen atoms in total. The molecular weight excluding hydrogens is 496 g/mol. The number of aromatic nitrogens is 1. The van der Waals surface area contributed by atoms with E-state index in [0.29, 0.717) is 0 Å². The molecule has 1 aromatic heterocycles. The Morgan fingerprint density at radius 3 is 2.33 bits per heavy atom. The summed E-state index contributed by atoms with van der Waals surface area (Å²) in [4.78, 5) is 67.9. The zero-order valence-corrected chi connectivity index (χ0v) is 22.1. The summed E-state index contributed by atoms with van der Waals surface area (Å²) in [7, 11) is 0. The van der Waals surface area contributed by atoms with Gasteiger partial charge >= 0.3 is 0 Å². The van der Waals surface area contributed by atoms with E-state index in [1.165, 1.54) is 6.92 Å². The van der Waals surface area contributed by atoms with Crippen molar-refractivity contribution in [1.82, 2.24) is 20.9 Å². The second kappa shape index (κ2) is 12.0. The summed E-state index contributed by atoms with van der Waals surface area (Å²) in [5.74, 6) is -4.61.